The molecule has 0 radical (unpaired) electrons. The van der Waals surface area contributed by atoms with Crippen LogP contribution in [0.4, 0.5) is 0 Å². The standard InChI is InChI=1S/C25H19ClN2O4S/c1-30-21-14-16(13-18(26)23(21)32-12-11-31-17-7-3-2-4-8-17)15-22-24(29)28-20-10-6-5-9-19(20)27-25(28)33-22/h2-10,13-15H,11-12H2,1H3/b22-15-. The number of benzene rings is 3. The first kappa shape index (κ1) is 21.3. The summed E-state index contributed by atoms with van der Waals surface area (Å²) in [4.78, 5) is 18.2. The summed E-state index contributed by atoms with van der Waals surface area (Å²) in [5.74, 6) is 1.68. The molecule has 0 aliphatic carbocycles. The van der Waals surface area contributed by atoms with Crippen molar-refractivity contribution in [1.82, 2.24) is 9.38 Å². The molecule has 5 aromatic rings. The summed E-state index contributed by atoms with van der Waals surface area (Å²) >= 11 is 7.83. The second kappa shape index (κ2) is 9.13. The highest BCUT2D eigenvalue weighted by Crippen LogP contribution is 2.36. The summed E-state index contributed by atoms with van der Waals surface area (Å²) in [6, 6.07) is 20.6. The monoisotopic (exact) mass is 478 g/mol. The van der Waals surface area contributed by atoms with Crippen LogP contribution >= 0.6 is 22.9 Å². The molecule has 0 spiro atoms. The zero-order chi connectivity index (χ0) is 22.8. The molecule has 2 heterocycles. The maximum atomic E-state index is 13.0. The molecule has 0 fully saturated rings. The molecule has 2 aromatic heterocycles. The Morgan fingerprint density at radius 3 is 2.61 bits per heavy atom. The molecule has 0 amide bonds. The van der Waals surface area contributed by atoms with Crippen LogP contribution in [0.15, 0.2) is 71.5 Å². The van der Waals surface area contributed by atoms with Crippen molar-refractivity contribution in [2.75, 3.05) is 20.3 Å². The highest BCUT2D eigenvalue weighted by molar-refractivity contribution is 7.15. The van der Waals surface area contributed by atoms with Crippen molar-refractivity contribution in [3.8, 4) is 17.2 Å². The number of imidazole rings is 1. The van der Waals surface area contributed by atoms with Gasteiger partial charge in [-0.1, -0.05) is 53.3 Å². The van der Waals surface area contributed by atoms with E-state index in [1.807, 2.05) is 54.6 Å². The van der Waals surface area contributed by atoms with Crippen LogP contribution in [0.5, 0.6) is 17.2 Å². The van der Waals surface area contributed by atoms with Crippen LogP contribution in [0.1, 0.15) is 5.56 Å². The maximum Gasteiger partial charge on any atom is 0.274 e. The lowest BCUT2D eigenvalue weighted by molar-refractivity contribution is 0.211. The fraction of sp³-hybridized carbons (Fsp3) is 0.120. The Bertz CT molecular complexity index is 1550. The van der Waals surface area contributed by atoms with Crippen molar-refractivity contribution in [3.05, 3.63) is 92.2 Å². The Hall–Kier alpha value is -3.55. The third-order valence-electron chi connectivity index (χ3n) is 5.04. The summed E-state index contributed by atoms with van der Waals surface area (Å²) in [6.45, 7) is 0.661. The van der Waals surface area contributed by atoms with Crippen molar-refractivity contribution >= 4 is 45.0 Å². The van der Waals surface area contributed by atoms with Gasteiger partial charge in [-0.2, -0.15) is 0 Å². The zero-order valence-corrected chi connectivity index (χ0v) is 19.2. The number of methoxy groups -OCH3 is 1. The van der Waals surface area contributed by atoms with Crippen molar-refractivity contribution in [3.63, 3.8) is 0 Å². The Kier molecular flexibility index (Phi) is 5.90. The Morgan fingerprint density at radius 2 is 1.79 bits per heavy atom. The van der Waals surface area contributed by atoms with Gasteiger partial charge in [0.05, 0.1) is 27.7 Å². The largest absolute Gasteiger partial charge is 0.493 e. The number of nitrogens with zero attached hydrogens (tertiary/aromatic N) is 2. The minimum atomic E-state index is -0.114. The second-order valence-electron chi connectivity index (χ2n) is 7.18. The van der Waals surface area contributed by atoms with Crippen LogP contribution in [0.3, 0.4) is 0 Å². The van der Waals surface area contributed by atoms with Crippen LogP contribution < -0.4 is 24.3 Å². The van der Waals surface area contributed by atoms with E-state index < -0.39 is 0 Å². The molecular weight excluding hydrogens is 460 g/mol. The van der Waals surface area contributed by atoms with Gasteiger partial charge in [0.2, 0.25) is 0 Å². The number of hydrogen-bond donors (Lipinski definition) is 0. The molecular formula is C25H19ClN2O4S. The molecule has 0 aliphatic heterocycles. The summed E-state index contributed by atoms with van der Waals surface area (Å²) < 4.78 is 19.2. The molecule has 5 rings (SSSR count). The van der Waals surface area contributed by atoms with Gasteiger partial charge in [-0.15, -0.1) is 0 Å². The van der Waals surface area contributed by atoms with Crippen molar-refractivity contribution in [2.45, 2.75) is 0 Å². The van der Waals surface area contributed by atoms with Gasteiger partial charge in [0.25, 0.3) is 5.56 Å². The molecule has 0 saturated carbocycles. The zero-order valence-electron chi connectivity index (χ0n) is 17.7. The number of aromatic nitrogens is 2. The van der Waals surface area contributed by atoms with Gasteiger partial charge < -0.3 is 14.2 Å². The van der Waals surface area contributed by atoms with E-state index in [9.17, 15) is 4.79 Å². The normalized spacial score (nSPS) is 11.9. The molecule has 8 heteroatoms. The molecule has 0 N–H and O–H groups in total. The first-order valence-electron chi connectivity index (χ1n) is 10.2. The molecule has 33 heavy (non-hydrogen) atoms. The minimum absolute atomic E-state index is 0.114. The highest BCUT2D eigenvalue weighted by Gasteiger charge is 2.14. The lowest BCUT2D eigenvalue weighted by Gasteiger charge is -2.13. The fourth-order valence-electron chi connectivity index (χ4n) is 3.55. The van der Waals surface area contributed by atoms with E-state index in [0.717, 1.165) is 22.3 Å². The van der Waals surface area contributed by atoms with Gasteiger partial charge in [-0.3, -0.25) is 4.79 Å². The summed E-state index contributed by atoms with van der Waals surface area (Å²) in [5, 5.41) is 0.388. The first-order valence-corrected chi connectivity index (χ1v) is 11.4. The van der Waals surface area contributed by atoms with Crippen molar-refractivity contribution in [1.29, 1.82) is 0 Å². The van der Waals surface area contributed by atoms with E-state index in [1.54, 1.807) is 29.7 Å². The third kappa shape index (κ3) is 4.25. The van der Waals surface area contributed by atoms with Crippen LogP contribution in [0.25, 0.3) is 22.1 Å². The number of rotatable bonds is 7. The number of fused-ring (bicyclic) bond motifs is 3. The van der Waals surface area contributed by atoms with Crippen molar-refractivity contribution < 1.29 is 14.2 Å². The number of halogens is 1. The quantitative estimate of drug-likeness (QED) is 0.320. The van der Waals surface area contributed by atoms with E-state index in [-0.39, 0.29) is 5.56 Å². The van der Waals surface area contributed by atoms with Gasteiger partial charge in [0, 0.05) is 0 Å². The van der Waals surface area contributed by atoms with E-state index in [1.165, 1.54) is 11.3 Å². The Labute approximate surface area is 198 Å². The van der Waals surface area contributed by atoms with Gasteiger partial charge >= 0.3 is 0 Å². The van der Waals surface area contributed by atoms with Gasteiger partial charge in [0.1, 0.15) is 19.0 Å². The van der Waals surface area contributed by atoms with Gasteiger partial charge in [-0.05, 0) is 48.0 Å². The Balaban J connectivity index is 1.40. The average molecular weight is 479 g/mol. The summed E-state index contributed by atoms with van der Waals surface area (Å²) in [7, 11) is 1.55. The minimum Gasteiger partial charge on any atom is -0.493 e. The average Bonchev–Trinajstić information content (AvgIpc) is 3.34. The maximum absolute atomic E-state index is 13.0. The predicted molar refractivity (Wildman–Crippen MR) is 131 cm³/mol. The summed E-state index contributed by atoms with van der Waals surface area (Å²) in [6.07, 6.45) is 1.78. The predicted octanol–water partition coefficient (Wildman–Crippen LogP) is 4.58. The number of ether oxygens (including phenoxy) is 3. The van der Waals surface area contributed by atoms with Crippen LogP contribution in [-0.4, -0.2) is 29.7 Å². The van der Waals surface area contributed by atoms with Crippen LogP contribution in [0, 0.1) is 0 Å². The van der Waals surface area contributed by atoms with Crippen molar-refractivity contribution in [2.24, 2.45) is 0 Å². The molecule has 166 valence electrons. The molecule has 0 saturated heterocycles. The molecule has 0 atom stereocenters. The van der Waals surface area contributed by atoms with Crippen LogP contribution in [-0.2, 0) is 0 Å². The SMILES string of the molecule is COc1cc(/C=c2\sc3nc4ccccc4n3c2=O)cc(Cl)c1OCCOc1ccccc1. The van der Waals surface area contributed by atoms with E-state index in [2.05, 4.69) is 4.98 Å². The lowest BCUT2D eigenvalue weighted by Crippen LogP contribution is -2.22. The van der Waals surface area contributed by atoms with Gasteiger partial charge in [0.15, 0.2) is 16.5 Å². The van der Waals surface area contributed by atoms with Gasteiger partial charge in [-0.25, -0.2) is 9.38 Å². The Morgan fingerprint density at radius 1 is 1.03 bits per heavy atom. The topological polar surface area (TPSA) is 62.1 Å². The molecule has 0 unspecified atom stereocenters. The van der Waals surface area contributed by atoms with E-state index in [4.69, 9.17) is 25.8 Å². The van der Waals surface area contributed by atoms with E-state index >= 15 is 0 Å². The second-order valence-corrected chi connectivity index (χ2v) is 8.59. The third-order valence-corrected chi connectivity index (χ3v) is 6.29. The first-order chi connectivity index (χ1) is 16.1. The smallest absolute Gasteiger partial charge is 0.274 e. The molecule has 6 nitrogen and oxygen atoms in total. The molecule has 0 aliphatic rings. The summed E-state index contributed by atoms with van der Waals surface area (Å²) in [5.41, 5.74) is 2.22. The molecule has 3 aromatic carbocycles. The lowest BCUT2D eigenvalue weighted by atomic mass is 10.2. The number of para-hydroxylation sites is 3. The molecule has 0 bridgehead atoms. The number of thiazole rings is 1. The van der Waals surface area contributed by atoms with Crippen LogP contribution in [0.2, 0.25) is 5.02 Å². The van der Waals surface area contributed by atoms with E-state index in [0.29, 0.717) is 39.2 Å². The highest BCUT2D eigenvalue weighted by atomic mass is 35.5. The number of hydrogen-bond acceptors (Lipinski definition) is 6. The fourth-order valence-corrected chi connectivity index (χ4v) is 4.81.